The zero-order chi connectivity index (χ0) is 11.8. The molecular weight excluding hydrogens is 222 g/mol. The van der Waals surface area contributed by atoms with E-state index in [1.54, 1.807) is 12.3 Å². The number of halogens is 1. The quantitative estimate of drug-likeness (QED) is 0.820. The van der Waals surface area contributed by atoms with Crippen molar-refractivity contribution >= 4 is 23.1 Å². The van der Waals surface area contributed by atoms with Crippen LogP contribution in [-0.4, -0.2) is 18.1 Å². The molecule has 16 heavy (non-hydrogen) atoms. The lowest BCUT2D eigenvalue weighted by Crippen LogP contribution is -2.37. The van der Waals surface area contributed by atoms with Crippen molar-refractivity contribution in [1.29, 1.82) is 0 Å². The fourth-order valence-electron chi connectivity index (χ4n) is 2.00. The second-order valence-corrected chi connectivity index (χ2v) is 5.63. The van der Waals surface area contributed by atoms with Crippen molar-refractivity contribution in [2.45, 2.75) is 26.7 Å². The number of pyridine rings is 1. The zero-order valence-electron chi connectivity index (χ0n) is 9.83. The Morgan fingerprint density at radius 1 is 1.38 bits per heavy atom. The number of nitrogen functional groups attached to an aromatic ring is 1. The van der Waals surface area contributed by atoms with Crippen LogP contribution in [0.5, 0.6) is 0 Å². The molecule has 3 nitrogen and oxygen atoms in total. The van der Waals surface area contributed by atoms with Crippen molar-refractivity contribution in [3.63, 3.8) is 0 Å². The van der Waals surface area contributed by atoms with E-state index in [1.807, 2.05) is 0 Å². The van der Waals surface area contributed by atoms with Gasteiger partial charge in [-0.2, -0.15) is 0 Å². The Morgan fingerprint density at radius 2 is 2.00 bits per heavy atom. The molecule has 0 aromatic carbocycles. The molecule has 0 amide bonds. The van der Waals surface area contributed by atoms with Gasteiger partial charge in [-0.05, 0) is 24.3 Å². The fourth-order valence-corrected chi connectivity index (χ4v) is 2.30. The summed E-state index contributed by atoms with van der Waals surface area (Å²) in [7, 11) is 0. The second kappa shape index (κ2) is 4.13. The van der Waals surface area contributed by atoms with Gasteiger partial charge < -0.3 is 10.6 Å². The third kappa shape index (κ3) is 2.40. The van der Waals surface area contributed by atoms with Crippen LogP contribution < -0.4 is 10.6 Å². The maximum absolute atomic E-state index is 6.15. The van der Waals surface area contributed by atoms with Gasteiger partial charge in [0.2, 0.25) is 0 Å². The van der Waals surface area contributed by atoms with E-state index in [2.05, 4.69) is 23.7 Å². The standard InChI is InChI=1S/C12H18ClN3/c1-12(2)3-5-16(6-4-12)11-10(13)7-9(14)8-15-11/h7-8H,3-6,14H2,1-2H3. The molecule has 0 unspecified atom stereocenters. The van der Waals surface area contributed by atoms with Crippen LogP contribution in [0.25, 0.3) is 0 Å². The van der Waals surface area contributed by atoms with Crippen molar-refractivity contribution in [3.8, 4) is 0 Å². The Bertz CT molecular complexity index is 380. The number of hydrogen-bond donors (Lipinski definition) is 1. The highest BCUT2D eigenvalue weighted by atomic mass is 35.5. The molecule has 0 aliphatic carbocycles. The number of aromatic nitrogens is 1. The van der Waals surface area contributed by atoms with Crippen LogP contribution in [0.2, 0.25) is 5.02 Å². The minimum absolute atomic E-state index is 0.441. The van der Waals surface area contributed by atoms with Crippen LogP contribution >= 0.6 is 11.6 Å². The lowest BCUT2D eigenvalue weighted by molar-refractivity contribution is 0.279. The first kappa shape index (κ1) is 11.5. The van der Waals surface area contributed by atoms with Crippen molar-refractivity contribution < 1.29 is 0 Å². The Labute approximate surface area is 102 Å². The van der Waals surface area contributed by atoms with Gasteiger partial charge in [0.25, 0.3) is 0 Å². The minimum Gasteiger partial charge on any atom is -0.397 e. The molecule has 0 spiro atoms. The lowest BCUT2D eigenvalue weighted by Gasteiger charge is -2.37. The van der Waals surface area contributed by atoms with Crippen LogP contribution in [0.1, 0.15) is 26.7 Å². The zero-order valence-corrected chi connectivity index (χ0v) is 10.6. The second-order valence-electron chi connectivity index (χ2n) is 5.23. The summed E-state index contributed by atoms with van der Waals surface area (Å²) in [6.07, 6.45) is 4.02. The Hall–Kier alpha value is -0.960. The van der Waals surface area contributed by atoms with Gasteiger partial charge in [0.05, 0.1) is 16.9 Å². The van der Waals surface area contributed by atoms with Crippen LogP contribution in [0.4, 0.5) is 11.5 Å². The SMILES string of the molecule is CC1(C)CCN(c2ncc(N)cc2Cl)CC1. The summed E-state index contributed by atoms with van der Waals surface area (Å²) in [6, 6.07) is 1.77. The van der Waals surface area contributed by atoms with E-state index in [9.17, 15) is 0 Å². The van der Waals surface area contributed by atoms with Crippen molar-refractivity contribution in [3.05, 3.63) is 17.3 Å². The molecular formula is C12H18ClN3. The van der Waals surface area contributed by atoms with Crippen LogP contribution in [0.3, 0.4) is 0 Å². The van der Waals surface area contributed by atoms with Crippen molar-refractivity contribution in [1.82, 2.24) is 4.98 Å². The van der Waals surface area contributed by atoms with E-state index in [1.165, 1.54) is 12.8 Å². The topological polar surface area (TPSA) is 42.2 Å². The largest absolute Gasteiger partial charge is 0.397 e. The molecule has 1 fully saturated rings. The molecule has 4 heteroatoms. The average molecular weight is 240 g/mol. The molecule has 0 radical (unpaired) electrons. The van der Waals surface area contributed by atoms with E-state index >= 15 is 0 Å². The van der Waals surface area contributed by atoms with Gasteiger partial charge in [-0.25, -0.2) is 4.98 Å². The van der Waals surface area contributed by atoms with Crippen LogP contribution in [0, 0.1) is 5.41 Å². The Morgan fingerprint density at radius 3 is 2.56 bits per heavy atom. The van der Waals surface area contributed by atoms with Gasteiger partial charge in [0.1, 0.15) is 5.82 Å². The van der Waals surface area contributed by atoms with E-state index in [4.69, 9.17) is 17.3 Å². The third-order valence-electron chi connectivity index (χ3n) is 3.26. The van der Waals surface area contributed by atoms with Gasteiger partial charge in [-0.15, -0.1) is 0 Å². The first-order valence-corrected chi connectivity index (χ1v) is 6.02. The summed E-state index contributed by atoms with van der Waals surface area (Å²) >= 11 is 6.15. The average Bonchev–Trinajstić information content (AvgIpc) is 2.19. The Balaban J connectivity index is 2.14. The highest BCUT2D eigenvalue weighted by Gasteiger charge is 2.26. The highest BCUT2D eigenvalue weighted by Crippen LogP contribution is 2.34. The molecule has 2 rings (SSSR count). The number of piperidine rings is 1. The van der Waals surface area contributed by atoms with Crippen molar-refractivity contribution in [2.75, 3.05) is 23.7 Å². The maximum Gasteiger partial charge on any atom is 0.147 e. The lowest BCUT2D eigenvalue weighted by atomic mass is 9.83. The fraction of sp³-hybridized carbons (Fsp3) is 0.583. The summed E-state index contributed by atoms with van der Waals surface area (Å²) in [6.45, 7) is 6.65. The van der Waals surface area contributed by atoms with E-state index in [0.717, 1.165) is 18.9 Å². The van der Waals surface area contributed by atoms with Gasteiger partial charge in [0, 0.05) is 13.1 Å². The van der Waals surface area contributed by atoms with Crippen LogP contribution in [-0.2, 0) is 0 Å². The summed E-state index contributed by atoms with van der Waals surface area (Å²) in [5.74, 6) is 0.867. The molecule has 1 saturated heterocycles. The summed E-state index contributed by atoms with van der Waals surface area (Å²) in [5, 5.41) is 0.653. The van der Waals surface area contributed by atoms with E-state index in [-0.39, 0.29) is 0 Å². The molecule has 1 aromatic rings. The summed E-state index contributed by atoms with van der Waals surface area (Å²) in [5.41, 5.74) is 6.69. The predicted molar refractivity (Wildman–Crippen MR) is 68.9 cm³/mol. The van der Waals surface area contributed by atoms with Crippen molar-refractivity contribution in [2.24, 2.45) is 5.41 Å². The molecule has 0 atom stereocenters. The molecule has 0 bridgehead atoms. The van der Waals surface area contributed by atoms with Gasteiger partial charge in [0.15, 0.2) is 0 Å². The number of nitrogens with zero attached hydrogens (tertiary/aromatic N) is 2. The normalized spacial score (nSPS) is 19.8. The van der Waals surface area contributed by atoms with E-state index < -0.39 is 0 Å². The number of hydrogen-bond acceptors (Lipinski definition) is 3. The summed E-state index contributed by atoms with van der Waals surface area (Å²) in [4.78, 5) is 6.56. The number of nitrogens with two attached hydrogens (primary N) is 1. The number of rotatable bonds is 1. The first-order valence-electron chi connectivity index (χ1n) is 5.64. The monoisotopic (exact) mass is 239 g/mol. The first-order chi connectivity index (χ1) is 7.48. The van der Waals surface area contributed by atoms with Gasteiger partial charge in [-0.3, -0.25) is 0 Å². The molecule has 2 N–H and O–H groups in total. The Kier molecular flexibility index (Phi) is 2.98. The predicted octanol–water partition coefficient (Wildman–Crippen LogP) is 2.94. The molecule has 1 aliphatic heterocycles. The number of anilines is 2. The summed E-state index contributed by atoms with van der Waals surface area (Å²) < 4.78 is 0. The van der Waals surface area contributed by atoms with Gasteiger partial charge >= 0.3 is 0 Å². The molecule has 1 aliphatic rings. The molecule has 2 heterocycles. The van der Waals surface area contributed by atoms with Crippen LogP contribution in [0.15, 0.2) is 12.3 Å². The third-order valence-corrected chi connectivity index (χ3v) is 3.54. The van der Waals surface area contributed by atoms with Gasteiger partial charge in [-0.1, -0.05) is 25.4 Å². The molecule has 0 saturated carbocycles. The molecule has 88 valence electrons. The smallest absolute Gasteiger partial charge is 0.147 e. The maximum atomic E-state index is 6.15. The minimum atomic E-state index is 0.441. The molecule has 1 aromatic heterocycles. The highest BCUT2D eigenvalue weighted by molar-refractivity contribution is 6.33. The van der Waals surface area contributed by atoms with E-state index in [0.29, 0.717) is 16.1 Å².